The highest BCUT2D eigenvalue weighted by molar-refractivity contribution is 5.79. The lowest BCUT2D eigenvalue weighted by Crippen LogP contribution is -1.87. The van der Waals surface area contributed by atoms with Crippen LogP contribution in [0, 0.1) is 0 Å². The zero-order valence-corrected chi connectivity index (χ0v) is 6.98. The van der Waals surface area contributed by atoms with Crippen LogP contribution in [0.25, 0.3) is 11.0 Å². The van der Waals surface area contributed by atoms with Gasteiger partial charge in [-0.1, -0.05) is 0 Å². The van der Waals surface area contributed by atoms with Crippen molar-refractivity contribution in [3.8, 4) is 5.75 Å². The average molecular weight is 163 g/mol. The number of fused-ring (bicyclic) bond motifs is 1. The Labute approximate surface area is 69.8 Å². The van der Waals surface area contributed by atoms with Gasteiger partial charge in [-0.3, -0.25) is 9.67 Å². The van der Waals surface area contributed by atoms with Gasteiger partial charge in [0, 0.05) is 19.3 Å². The molecule has 4 heteroatoms. The van der Waals surface area contributed by atoms with Crippen LogP contribution in [0.4, 0.5) is 0 Å². The summed E-state index contributed by atoms with van der Waals surface area (Å²) in [7, 11) is 3.49. The molecule has 0 spiro atoms. The van der Waals surface area contributed by atoms with E-state index in [9.17, 15) is 0 Å². The number of rotatable bonds is 1. The number of hydrogen-bond acceptors (Lipinski definition) is 3. The van der Waals surface area contributed by atoms with Crippen molar-refractivity contribution in [1.82, 2.24) is 14.8 Å². The van der Waals surface area contributed by atoms with Crippen LogP contribution in [0.15, 0.2) is 18.5 Å². The van der Waals surface area contributed by atoms with E-state index in [1.807, 2.05) is 13.2 Å². The number of nitrogens with zero attached hydrogens (tertiary/aromatic N) is 3. The summed E-state index contributed by atoms with van der Waals surface area (Å²) >= 11 is 0. The van der Waals surface area contributed by atoms with E-state index in [4.69, 9.17) is 4.74 Å². The molecule has 2 aromatic rings. The number of aryl methyl sites for hydroxylation is 1. The van der Waals surface area contributed by atoms with Crippen LogP contribution in [0.2, 0.25) is 0 Å². The minimum atomic E-state index is 0.764. The van der Waals surface area contributed by atoms with E-state index in [1.165, 1.54) is 0 Å². The number of aromatic nitrogens is 3. The Morgan fingerprint density at radius 2 is 2.33 bits per heavy atom. The lowest BCUT2D eigenvalue weighted by atomic mass is 10.4. The van der Waals surface area contributed by atoms with Gasteiger partial charge >= 0.3 is 0 Å². The molecule has 0 radical (unpaired) electrons. The summed E-state index contributed by atoms with van der Waals surface area (Å²) < 4.78 is 6.85. The summed E-state index contributed by atoms with van der Waals surface area (Å²) in [6.07, 6.45) is 3.57. The van der Waals surface area contributed by atoms with Gasteiger partial charge in [0.15, 0.2) is 5.52 Å². The van der Waals surface area contributed by atoms with E-state index < -0.39 is 0 Å². The summed E-state index contributed by atoms with van der Waals surface area (Å²) in [5.41, 5.74) is 1.67. The lowest BCUT2D eigenvalue weighted by molar-refractivity contribution is 0.418. The molecule has 0 bridgehead atoms. The normalized spacial score (nSPS) is 10.5. The SMILES string of the molecule is COc1ccnc2cn(C)nc12. The average Bonchev–Trinajstić information content (AvgIpc) is 2.44. The van der Waals surface area contributed by atoms with Crippen molar-refractivity contribution in [2.45, 2.75) is 0 Å². The molecule has 0 aliphatic rings. The third kappa shape index (κ3) is 0.922. The summed E-state index contributed by atoms with van der Waals surface area (Å²) in [6.45, 7) is 0. The smallest absolute Gasteiger partial charge is 0.153 e. The molecule has 0 saturated carbocycles. The summed E-state index contributed by atoms with van der Waals surface area (Å²) in [5.74, 6) is 0.764. The maximum absolute atomic E-state index is 5.12. The van der Waals surface area contributed by atoms with Gasteiger partial charge in [-0.15, -0.1) is 0 Å². The van der Waals surface area contributed by atoms with Crippen molar-refractivity contribution >= 4 is 11.0 Å². The molecule has 4 nitrogen and oxygen atoms in total. The first-order valence-electron chi connectivity index (χ1n) is 3.63. The molecule has 2 heterocycles. The van der Waals surface area contributed by atoms with Crippen LogP contribution < -0.4 is 4.74 Å². The maximum atomic E-state index is 5.12. The molecule has 0 amide bonds. The second kappa shape index (κ2) is 2.48. The molecule has 0 saturated heterocycles. The van der Waals surface area contributed by atoms with Gasteiger partial charge in [-0.25, -0.2) is 0 Å². The first-order valence-corrected chi connectivity index (χ1v) is 3.63. The zero-order chi connectivity index (χ0) is 8.55. The Bertz CT molecular complexity index is 408. The third-order valence-electron chi connectivity index (χ3n) is 1.70. The molecule has 0 aliphatic carbocycles. The van der Waals surface area contributed by atoms with Gasteiger partial charge in [0.05, 0.1) is 13.3 Å². The van der Waals surface area contributed by atoms with Gasteiger partial charge in [0.1, 0.15) is 11.3 Å². The van der Waals surface area contributed by atoms with E-state index in [0.717, 1.165) is 16.8 Å². The predicted molar refractivity (Wildman–Crippen MR) is 45.1 cm³/mol. The molecular weight excluding hydrogens is 154 g/mol. The highest BCUT2D eigenvalue weighted by atomic mass is 16.5. The van der Waals surface area contributed by atoms with Crippen LogP contribution in [0.5, 0.6) is 5.75 Å². The summed E-state index contributed by atoms with van der Waals surface area (Å²) in [6, 6.07) is 1.80. The monoisotopic (exact) mass is 163 g/mol. The minimum Gasteiger partial charge on any atom is -0.494 e. The van der Waals surface area contributed by atoms with Crippen LogP contribution in [-0.2, 0) is 7.05 Å². The van der Waals surface area contributed by atoms with Gasteiger partial charge in [-0.2, -0.15) is 5.10 Å². The summed E-state index contributed by atoms with van der Waals surface area (Å²) in [5, 5.41) is 4.21. The van der Waals surface area contributed by atoms with Crippen molar-refractivity contribution in [3.05, 3.63) is 18.5 Å². The molecule has 0 fully saturated rings. The molecular formula is C8H9N3O. The highest BCUT2D eigenvalue weighted by Gasteiger charge is 2.04. The number of ether oxygens (including phenoxy) is 1. The largest absolute Gasteiger partial charge is 0.494 e. The molecule has 62 valence electrons. The molecule has 0 unspecified atom stereocenters. The first-order chi connectivity index (χ1) is 5.81. The number of hydrogen-bond donors (Lipinski definition) is 0. The maximum Gasteiger partial charge on any atom is 0.153 e. The van der Waals surface area contributed by atoms with Gasteiger partial charge in [0.25, 0.3) is 0 Å². The predicted octanol–water partition coefficient (Wildman–Crippen LogP) is 0.977. The van der Waals surface area contributed by atoms with Crippen LogP contribution in [0.3, 0.4) is 0 Å². The Morgan fingerprint density at radius 3 is 3.08 bits per heavy atom. The Balaban J connectivity index is 2.78. The Kier molecular flexibility index (Phi) is 1.46. The quantitative estimate of drug-likeness (QED) is 0.629. The van der Waals surface area contributed by atoms with E-state index in [2.05, 4.69) is 10.1 Å². The van der Waals surface area contributed by atoms with Gasteiger partial charge in [0.2, 0.25) is 0 Å². The van der Waals surface area contributed by atoms with Crippen molar-refractivity contribution in [2.75, 3.05) is 7.11 Å². The van der Waals surface area contributed by atoms with Crippen molar-refractivity contribution in [1.29, 1.82) is 0 Å². The van der Waals surface area contributed by atoms with E-state index >= 15 is 0 Å². The van der Waals surface area contributed by atoms with Gasteiger partial charge < -0.3 is 4.74 Å². The van der Waals surface area contributed by atoms with Crippen molar-refractivity contribution in [2.24, 2.45) is 7.05 Å². The Hall–Kier alpha value is -1.58. The molecule has 2 aromatic heterocycles. The van der Waals surface area contributed by atoms with Crippen LogP contribution in [0.1, 0.15) is 0 Å². The van der Waals surface area contributed by atoms with Gasteiger partial charge in [-0.05, 0) is 0 Å². The minimum absolute atomic E-state index is 0.764. The van der Waals surface area contributed by atoms with E-state index in [1.54, 1.807) is 24.1 Å². The number of pyridine rings is 1. The topological polar surface area (TPSA) is 39.9 Å². The van der Waals surface area contributed by atoms with Crippen LogP contribution >= 0.6 is 0 Å². The second-order valence-electron chi connectivity index (χ2n) is 2.55. The standard InChI is InChI=1S/C8H9N3O/c1-11-5-6-8(10-11)7(12-2)3-4-9-6/h3-5H,1-2H3. The molecule has 12 heavy (non-hydrogen) atoms. The molecule has 0 aromatic carbocycles. The fourth-order valence-corrected chi connectivity index (χ4v) is 1.17. The van der Waals surface area contributed by atoms with Crippen molar-refractivity contribution in [3.63, 3.8) is 0 Å². The second-order valence-corrected chi connectivity index (χ2v) is 2.55. The molecule has 2 rings (SSSR count). The fourth-order valence-electron chi connectivity index (χ4n) is 1.17. The first kappa shape index (κ1) is 7.09. The lowest BCUT2D eigenvalue weighted by Gasteiger charge is -1.97. The van der Waals surface area contributed by atoms with E-state index in [0.29, 0.717) is 0 Å². The number of methoxy groups -OCH3 is 1. The molecule has 0 N–H and O–H groups in total. The zero-order valence-electron chi connectivity index (χ0n) is 6.98. The Morgan fingerprint density at radius 1 is 1.50 bits per heavy atom. The van der Waals surface area contributed by atoms with Crippen LogP contribution in [-0.4, -0.2) is 21.9 Å². The summed E-state index contributed by atoms with van der Waals surface area (Å²) in [4.78, 5) is 4.15. The molecule has 0 aliphatic heterocycles. The van der Waals surface area contributed by atoms with E-state index in [-0.39, 0.29) is 0 Å². The van der Waals surface area contributed by atoms with Crippen molar-refractivity contribution < 1.29 is 4.74 Å². The highest BCUT2D eigenvalue weighted by Crippen LogP contribution is 2.20. The molecule has 0 atom stereocenters. The fraction of sp³-hybridized carbons (Fsp3) is 0.250. The third-order valence-corrected chi connectivity index (χ3v) is 1.70.